The van der Waals surface area contributed by atoms with Crippen LogP contribution in [0.2, 0.25) is 0 Å². The van der Waals surface area contributed by atoms with Crippen molar-refractivity contribution in [3.8, 4) is 0 Å². The Kier molecular flexibility index (Phi) is 4.03. The van der Waals surface area contributed by atoms with E-state index in [-0.39, 0.29) is 11.8 Å². The second-order valence-corrected chi connectivity index (χ2v) is 3.76. The van der Waals surface area contributed by atoms with E-state index in [1.165, 1.54) is 4.90 Å². The molecule has 0 fully saturated rings. The molecule has 0 spiro atoms. The minimum Gasteiger partial charge on any atom is -0.315 e. The van der Waals surface area contributed by atoms with Gasteiger partial charge in [0.2, 0.25) is 0 Å². The number of hydrogen-bond donors (Lipinski definition) is 1. The summed E-state index contributed by atoms with van der Waals surface area (Å²) in [4.78, 5) is 24.5. The Labute approximate surface area is 90.3 Å². The number of rotatable bonds is 5. The van der Waals surface area contributed by atoms with E-state index in [0.29, 0.717) is 24.2 Å². The number of nitrogens with zero attached hydrogens (tertiary/aromatic N) is 1. The van der Waals surface area contributed by atoms with Crippen molar-refractivity contribution in [2.75, 3.05) is 19.6 Å². The van der Waals surface area contributed by atoms with Crippen LogP contribution in [-0.2, 0) is 9.59 Å². The van der Waals surface area contributed by atoms with Crippen LogP contribution in [0.15, 0.2) is 11.1 Å². The Balaban J connectivity index is 2.46. The molecule has 0 saturated carbocycles. The standard InChI is InChI=1S/C11H18N2O2/c1-4-5-12-6-7-13-10(14)8(2)9(3)11(13)15/h12H,4-7H2,1-3H3. The van der Waals surface area contributed by atoms with Gasteiger partial charge in [0.25, 0.3) is 11.8 Å². The van der Waals surface area contributed by atoms with E-state index in [1.54, 1.807) is 13.8 Å². The molecule has 0 saturated heterocycles. The first kappa shape index (κ1) is 11.9. The maximum Gasteiger partial charge on any atom is 0.256 e. The third kappa shape index (κ3) is 2.45. The molecule has 0 unspecified atom stereocenters. The van der Waals surface area contributed by atoms with Gasteiger partial charge in [-0.25, -0.2) is 0 Å². The van der Waals surface area contributed by atoms with Crippen molar-refractivity contribution in [1.29, 1.82) is 0 Å². The van der Waals surface area contributed by atoms with Gasteiger partial charge < -0.3 is 5.32 Å². The summed E-state index contributed by atoms with van der Waals surface area (Å²) in [6.07, 6.45) is 1.05. The predicted molar refractivity (Wildman–Crippen MR) is 58.3 cm³/mol. The Hall–Kier alpha value is -1.16. The van der Waals surface area contributed by atoms with E-state index in [9.17, 15) is 9.59 Å². The van der Waals surface area contributed by atoms with Crippen LogP contribution < -0.4 is 5.32 Å². The molecule has 0 aliphatic carbocycles. The summed E-state index contributed by atoms with van der Waals surface area (Å²) in [5.74, 6) is -0.286. The fourth-order valence-electron chi connectivity index (χ4n) is 1.51. The first-order chi connectivity index (χ1) is 7.09. The molecule has 2 amide bonds. The van der Waals surface area contributed by atoms with Gasteiger partial charge in [-0.05, 0) is 26.8 Å². The van der Waals surface area contributed by atoms with Gasteiger partial charge in [-0.2, -0.15) is 0 Å². The number of imide groups is 1. The van der Waals surface area contributed by atoms with Crippen molar-refractivity contribution in [1.82, 2.24) is 10.2 Å². The van der Waals surface area contributed by atoms with Crippen LogP contribution in [0.3, 0.4) is 0 Å². The lowest BCUT2D eigenvalue weighted by atomic mass is 10.2. The number of nitrogens with one attached hydrogen (secondary N) is 1. The molecule has 1 aliphatic rings. The van der Waals surface area contributed by atoms with Gasteiger partial charge in [0, 0.05) is 24.2 Å². The highest BCUT2D eigenvalue weighted by molar-refractivity contribution is 6.18. The van der Waals surface area contributed by atoms with Gasteiger partial charge in [0.05, 0.1) is 0 Å². The van der Waals surface area contributed by atoms with Gasteiger partial charge in [0.1, 0.15) is 0 Å². The molecular weight excluding hydrogens is 192 g/mol. The van der Waals surface area contributed by atoms with E-state index >= 15 is 0 Å². The quantitative estimate of drug-likeness (QED) is 0.536. The van der Waals surface area contributed by atoms with Gasteiger partial charge in [-0.15, -0.1) is 0 Å². The number of carbonyl (C=O) groups is 2. The molecule has 1 heterocycles. The third-order valence-electron chi connectivity index (χ3n) is 2.63. The molecule has 15 heavy (non-hydrogen) atoms. The second kappa shape index (κ2) is 5.07. The van der Waals surface area contributed by atoms with E-state index < -0.39 is 0 Å². The zero-order chi connectivity index (χ0) is 11.4. The highest BCUT2D eigenvalue weighted by atomic mass is 16.2. The molecule has 1 N–H and O–H groups in total. The average Bonchev–Trinajstić information content (AvgIpc) is 2.41. The van der Waals surface area contributed by atoms with Crippen LogP contribution in [0.5, 0.6) is 0 Å². The van der Waals surface area contributed by atoms with E-state index in [0.717, 1.165) is 13.0 Å². The average molecular weight is 210 g/mol. The summed E-state index contributed by atoms with van der Waals surface area (Å²) in [6, 6.07) is 0. The van der Waals surface area contributed by atoms with E-state index in [4.69, 9.17) is 0 Å². The first-order valence-corrected chi connectivity index (χ1v) is 5.34. The lowest BCUT2D eigenvalue weighted by Crippen LogP contribution is -2.37. The zero-order valence-electron chi connectivity index (χ0n) is 9.59. The Morgan fingerprint density at radius 3 is 2.07 bits per heavy atom. The number of hydrogen-bond acceptors (Lipinski definition) is 3. The maximum absolute atomic E-state index is 11.6. The SMILES string of the molecule is CCCNCCN1C(=O)C(C)=C(C)C1=O. The molecule has 0 atom stereocenters. The van der Waals surface area contributed by atoms with Crippen molar-refractivity contribution in [3.05, 3.63) is 11.1 Å². The van der Waals surface area contributed by atoms with Crippen LogP contribution in [0.4, 0.5) is 0 Å². The molecule has 0 aromatic carbocycles. The maximum atomic E-state index is 11.6. The molecule has 1 rings (SSSR count). The molecule has 1 aliphatic heterocycles. The van der Waals surface area contributed by atoms with Gasteiger partial charge >= 0.3 is 0 Å². The summed E-state index contributed by atoms with van der Waals surface area (Å²) < 4.78 is 0. The van der Waals surface area contributed by atoms with Gasteiger partial charge in [-0.3, -0.25) is 14.5 Å². The van der Waals surface area contributed by atoms with Crippen LogP contribution in [0.1, 0.15) is 27.2 Å². The van der Waals surface area contributed by atoms with Crippen molar-refractivity contribution in [2.24, 2.45) is 0 Å². The summed E-state index contributed by atoms with van der Waals surface area (Å²) >= 11 is 0. The van der Waals surface area contributed by atoms with E-state index in [2.05, 4.69) is 12.2 Å². The Morgan fingerprint density at radius 2 is 1.60 bits per heavy atom. The fraction of sp³-hybridized carbons (Fsp3) is 0.636. The van der Waals surface area contributed by atoms with Gasteiger partial charge in [-0.1, -0.05) is 6.92 Å². The second-order valence-electron chi connectivity index (χ2n) is 3.76. The smallest absolute Gasteiger partial charge is 0.256 e. The van der Waals surface area contributed by atoms with Crippen molar-refractivity contribution in [2.45, 2.75) is 27.2 Å². The van der Waals surface area contributed by atoms with Gasteiger partial charge in [0.15, 0.2) is 0 Å². The summed E-state index contributed by atoms with van der Waals surface area (Å²) in [5, 5.41) is 3.17. The molecular formula is C11H18N2O2. The Morgan fingerprint density at radius 1 is 1.07 bits per heavy atom. The normalized spacial score (nSPS) is 16.9. The fourth-order valence-corrected chi connectivity index (χ4v) is 1.51. The molecule has 0 radical (unpaired) electrons. The first-order valence-electron chi connectivity index (χ1n) is 5.34. The summed E-state index contributed by atoms with van der Waals surface area (Å²) in [6.45, 7) is 7.54. The molecule has 4 heteroatoms. The lowest BCUT2D eigenvalue weighted by molar-refractivity contribution is -0.137. The molecule has 0 aromatic heterocycles. The van der Waals surface area contributed by atoms with Crippen LogP contribution in [0, 0.1) is 0 Å². The summed E-state index contributed by atoms with van der Waals surface area (Å²) in [7, 11) is 0. The largest absolute Gasteiger partial charge is 0.315 e. The van der Waals surface area contributed by atoms with Crippen molar-refractivity contribution >= 4 is 11.8 Å². The zero-order valence-corrected chi connectivity index (χ0v) is 9.59. The number of amides is 2. The highest BCUT2D eigenvalue weighted by Crippen LogP contribution is 2.18. The highest BCUT2D eigenvalue weighted by Gasteiger charge is 2.32. The predicted octanol–water partition coefficient (Wildman–Crippen LogP) is 0.691. The van der Waals surface area contributed by atoms with Crippen LogP contribution >= 0.6 is 0 Å². The summed E-state index contributed by atoms with van der Waals surface area (Å²) in [5.41, 5.74) is 1.16. The minimum absolute atomic E-state index is 0.143. The lowest BCUT2D eigenvalue weighted by Gasteiger charge is -2.14. The Bertz CT molecular complexity index is 284. The number of carbonyl (C=O) groups excluding carboxylic acids is 2. The van der Waals surface area contributed by atoms with Crippen molar-refractivity contribution < 1.29 is 9.59 Å². The molecule has 84 valence electrons. The molecule has 0 aromatic rings. The minimum atomic E-state index is -0.143. The van der Waals surface area contributed by atoms with E-state index in [1.807, 2.05) is 0 Å². The van der Waals surface area contributed by atoms with Crippen molar-refractivity contribution in [3.63, 3.8) is 0 Å². The monoisotopic (exact) mass is 210 g/mol. The molecule has 4 nitrogen and oxygen atoms in total. The topological polar surface area (TPSA) is 49.4 Å². The van der Waals surface area contributed by atoms with Crippen LogP contribution in [-0.4, -0.2) is 36.3 Å². The molecule has 0 bridgehead atoms. The third-order valence-corrected chi connectivity index (χ3v) is 2.63. The van der Waals surface area contributed by atoms with Crippen LogP contribution in [0.25, 0.3) is 0 Å².